The zero-order chi connectivity index (χ0) is 19.0. The first-order valence-electron chi connectivity index (χ1n) is 9.45. The monoisotopic (exact) mass is 364 g/mol. The zero-order valence-corrected chi connectivity index (χ0v) is 15.7. The van der Waals surface area contributed by atoms with E-state index in [9.17, 15) is 9.59 Å². The van der Waals surface area contributed by atoms with Crippen LogP contribution in [0.25, 0.3) is 0 Å². The molecule has 27 heavy (non-hydrogen) atoms. The number of anilines is 1. The Morgan fingerprint density at radius 1 is 1.19 bits per heavy atom. The third-order valence-electron chi connectivity index (χ3n) is 5.43. The normalized spacial score (nSPS) is 18.7. The number of ether oxygens (including phenoxy) is 1. The molecule has 0 bridgehead atoms. The highest BCUT2D eigenvalue weighted by atomic mass is 16.5. The van der Waals surface area contributed by atoms with Crippen LogP contribution in [0.15, 0.2) is 36.4 Å². The van der Waals surface area contributed by atoms with Crippen LogP contribution in [0.2, 0.25) is 0 Å². The van der Waals surface area contributed by atoms with Crippen LogP contribution in [0.5, 0.6) is 0 Å². The molecule has 1 atom stereocenters. The summed E-state index contributed by atoms with van der Waals surface area (Å²) in [6.07, 6.45) is 2.14. The number of para-hydroxylation sites is 1. The molecule has 2 amide bonds. The molecule has 2 heterocycles. The Labute approximate surface area is 159 Å². The molecule has 0 spiro atoms. The number of nitrogens with zero attached hydrogens (tertiary/aromatic N) is 1. The maximum Gasteiger partial charge on any atom is 0.256 e. The Balaban J connectivity index is 1.58. The van der Waals surface area contributed by atoms with Gasteiger partial charge in [-0.25, -0.2) is 0 Å². The van der Waals surface area contributed by atoms with E-state index in [4.69, 9.17) is 4.74 Å². The molecule has 140 valence electrons. The third kappa shape index (κ3) is 3.35. The number of carbonyl (C=O) groups excluding carboxylic acids is 2. The standard InChI is InChI=1S/C22H24N2O3/c1-14-6-3-7-15(2)20(14)23-21(25)18-10-4-8-16-12-24(22(26)19(16)18)13-17-9-5-11-27-17/h3-4,6-8,10,17H,5,9,11-13H2,1-2H3,(H,23,25)/t17-/m1/s1. The predicted octanol–water partition coefficient (Wildman–Crippen LogP) is 3.69. The van der Waals surface area contributed by atoms with E-state index in [-0.39, 0.29) is 17.9 Å². The number of aryl methyl sites for hydroxylation is 2. The van der Waals surface area contributed by atoms with Gasteiger partial charge in [0.05, 0.1) is 17.2 Å². The lowest BCUT2D eigenvalue weighted by atomic mass is 10.0. The van der Waals surface area contributed by atoms with Crippen molar-refractivity contribution in [2.24, 2.45) is 0 Å². The van der Waals surface area contributed by atoms with E-state index in [0.29, 0.717) is 24.2 Å². The van der Waals surface area contributed by atoms with E-state index in [0.717, 1.165) is 41.8 Å². The summed E-state index contributed by atoms with van der Waals surface area (Å²) in [5.41, 5.74) is 4.69. The number of fused-ring (bicyclic) bond motifs is 1. The number of carbonyl (C=O) groups is 2. The summed E-state index contributed by atoms with van der Waals surface area (Å²) in [6.45, 7) is 5.83. The Hall–Kier alpha value is -2.66. The number of hydrogen-bond donors (Lipinski definition) is 1. The molecule has 2 aliphatic rings. The number of rotatable bonds is 4. The molecule has 2 aromatic rings. The van der Waals surface area contributed by atoms with Gasteiger partial charge in [-0.05, 0) is 49.4 Å². The molecule has 0 saturated carbocycles. The van der Waals surface area contributed by atoms with Crippen LogP contribution >= 0.6 is 0 Å². The van der Waals surface area contributed by atoms with Crippen molar-refractivity contribution in [1.29, 1.82) is 0 Å². The predicted molar refractivity (Wildman–Crippen MR) is 104 cm³/mol. The molecular weight excluding hydrogens is 340 g/mol. The molecule has 0 unspecified atom stereocenters. The van der Waals surface area contributed by atoms with Gasteiger partial charge in [-0.3, -0.25) is 9.59 Å². The van der Waals surface area contributed by atoms with E-state index in [1.54, 1.807) is 11.0 Å². The van der Waals surface area contributed by atoms with Gasteiger partial charge in [-0.1, -0.05) is 30.3 Å². The van der Waals surface area contributed by atoms with E-state index < -0.39 is 0 Å². The van der Waals surface area contributed by atoms with Gasteiger partial charge in [0.15, 0.2) is 0 Å². The average molecular weight is 364 g/mol. The van der Waals surface area contributed by atoms with Crippen LogP contribution in [0.4, 0.5) is 5.69 Å². The molecular formula is C22H24N2O3. The lowest BCUT2D eigenvalue weighted by Crippen LogP contribution is -2.32. The zero-order valence-electron chi connectivity index (χ0n) is 15.7. The van der Waals surface area contributed by atoms with E-state index in [1.165, 1.54) is 0 Å². The largest absolute Gasteiger partial charge is 0.376 e. The van der Waals surface area contributed by atoms with Crippen molar-refractivity contribution < 1.29 is 14.3 Å². The van der Waals surface area contributed by atoms with Crippen molar-refractivity contribution in [1.82, 2.24) is 4.90 Å². The maximum atomic E-state index is 13.0. The lowest BCUT2D eigenvalue weighted by Gasteiger charge is -2.19. The molecule has 0 aliphatic carbocycles. The van der Waals surface area contributed by atoms with Crippen LogP contribution in [-0.4, -0.2) is 36.0 Å². The summed E-state index contributed by atoms with van der Waals surface area (Å²) in [5, 5.41) is 3.00. The fourth-order valence-electron chi connectivity index (χ4n) is 3.98. The van der Waals surface area contributed by atoms with Gasteiger partial charge in [-0.2, -0.15) is 0 Å². The lowest BCUT2D eigenvalue weighted by molar-refractivity contribution is 0.0544. The molecule has 1 saturated heterocycles. The molecule has 0 radical (unpaired) electrons. The molecule has 4 rings (SSSR count). The quantitative estimate of drug-likeness (QED) is 0.900. The first kappa shape index (κ1) is 17.7. The smallest absolute Gasteiger partial charge is 0.256 e. The van der Waals surface area contributed by atoms with Crippen LogP contribution in [0, 0.1) is 13.8 Å². The second-order valence-corrected chi connectivity index (χ2v) is 7.38. The molecule has 1 fully saturated rings. The number of nitrogens with one attached hydrogen (secondary N) is 1. The van der Waals surface area contributed by atoms with Crippen molar-refractivity contribution in [3.05, 3.63) is 64.2 Å². The third-order valence-corrected chi connectivity index (χ3v) is 5.43. The maximum absolute atomic E-state index is 13.0. The SMILES string of the molecule is Cc1cccc(C)c1NC(=O)c1cccc2c1C(=O)N(C[C@H]1CCCO1)C2. The van der Waals surface area contributed by atoms with Crippen molar-refractivity contribution >= 4 is 17.5 Å². The van der Waals surface area contributed by atoms with Crippen LogP contribution in [-0.2, 0) is 11.3 Å². The van der Waals surface area contributed by atoms with Crippen molar-refractivity contribution in [2.45, 2.75) is 39.3 Å². The van der Waals surface area contributed by atoms with Gasteiger partial charge in [-0.15, -0.1) is 0 Å². The molecule has 1 N–H and O–H groups in total. The first-order valence-corrected chi connectivity index (χ1v) is 9.45. The highest BCUT2D eigenvalue weighted by Gasteiger charge is 2.33. The highest BCUT2D eigenvalue weighted by molar-refractivity contribution is 6.14. The molecule has 5 nitrogen and oxygen atoms in total. The molecule has 2 aromatic carbocycles. The van der Waals surface area contributed by atoms with E-state index in [2.05, 4.69) is 5.32 Å². The second kappa shape index (κ2) is 7.16. The fourth-order valence-corrected chi connectivity index (χ4v) is 3.98. The van der Waals surface area contributed by atoms with Crippen LogP contribution < -0.4 is 5.32 Å². The van der Waals surface area contributed by atoms with Gasteiger partial charge < -0.3 is 15.0 Å². The summed E-state index contributed by atoms with van der Waals surface area (Å²) in [4.78, 5) is 27.8. The summed E-state index contributed by atoms with van der Waals surface area (Å²) in [6, 6.07) is 11.4. The minimum absolute atomic E-state index is 0.0762. The highest BCUT2D eigenvalue weighted by Crippen LogP contribution is 2.29. The van der Waals surface area contributed by atoms with Crippen LogP contribution in [0.3, 0.4) is 0 Å². The van der Waals surface area contributed by atoms with Gasteiger partial charge in [0.1, 0.15) is 0 Å². The van der Waals surface area contributed by atoms with E-state index in [1.807, 2.05) is 44.2 Å². The van der Waals surface area contributed by atoms with E-state index >= 15 is 0 Å². The van der Waals surface area contributed by atoms with Crippen molar-refractivity contribution in [3.63, 3.8) is 0 Å². The second-order valence-electron chi connectivity index (χ2n) is 7.38. The molecule has 0 aromatic heterocycles. The summed E-state index contributed by atoms with van der Waals surface area (Å²) in [5.74, 6) is -0.315. The van der Waals surface area contributed by atoms with Crippen LogP contribution in [0.1, 0.15) is 50.2 Å². The topological polar surface area (TPSA) is 58.6 Å². The minimum atomic E-state index is -0.239. The van der Waals surface area contributed by atoms with Gasteiger partial charge in [0.2, 0.25) is 0 Å². The van der Waals surface area contributed by atoms with Gasteiger partial charge in [0, 0.05) is 25.4 Å². The summed E-state index contributed by atoms with van der Waals surface area (Å²) in [7, 11) is 0. The number of hydrogen-bond acceptors (Lipinski definition) is 3. The Morgan fingerprint density at radius 2 is 1.93 bits per heavy atom. The van der Waals surface area contributed by atoms with Gasteiger partial charge in [0.25, 0.3) is 11.8 Å². The number of benzene rings is 2. The summed E-state index contributed by atoms with van der Waals surface area (Å²) >= 11 is 0. The van der Waals surface area contributed by atoms with Gasteiger partial charge >= 0.3 is 0 Å². The Bertz CT molecular complexity index is 880. The summed E-state index contributed by atoms with van der Waals surface area (Å²) < 4.78 is 5.67. The fraction of sp³-hybridized carbons (Fsp3) is 0.364. The first-order chi connectivity index (χ1) is 13.0. The average Bonchev–Trinajstić information content (AvgIpc) is 3.27. The molecule has 5 heteroatoms. The Morgan fingerprint density at radius 3 is 2.63 bits per heavy atom. The van der Waals surface area contributed by atoms with Crippen molar-refractivity contribution in [3.8, 4) is 0 Å². The number of amides is 2. The molecule has 2 aliphatic heterocycles. The van der Waals surface area contributed by atoms with Crippen molar-refractivity contribution in [2.75, 3.05) is 18.5 Å². The Kier molecular flexibility index (Phi) is 4.70. The minimum Gasteiger partial charge on any atom is -0.376 e.